The number of rotatable bonds is 3. The van der Waals surface area contributed by atoms with E-state index < -0.39 is 5.97 Å². The molecule has 0 saturated heterocycles. The van der Waals surface area contributed by atoms with Gasteiger partial charge in [-0.2, -0.15) is 4.98 Å². The van der Waals surface area contributed by atoms with Gasteiger partial charge in [0.25, 0.3) is 0 Å². The van der Waals surface area contributed by atoms with Crippen LogP contribution in [0.1, 0.15) is 10.4 Å². The van der Waals surface area contributed by atoms with Crippen LogP contribution in [0.4, 0.5) is 5.13 Å². The third-order valence-electron chi connectivity index (χ3n) is 2.74. The summed E-state index contributed by atoms with van der Waals surface area (Å²) >= 11 is 2.87. The summed E-state index contributed by atoms with van der Waals surface area (Å²) in [6.07, 6.45) is 0. The van der Waals surface area contributed by atoms with Crippen molar-refractivity contribution in [3.8, 4) is 10.6 Å². The van der Waals surface area contributed by atoms with E-state index in [0.717, 1.165) is 10.0 Å². The van der Waals surface area contributed by atoms with E-state index in [4.69, 9.17) is 0 Å². The van der Waals surface area contributed by atoms with Gasteiger partial charge < -0.3 is 10.0 Å². The molecule has 3 heterocycles. The lowest BCUT2D eigenvalue weighted by molar-refractivity contribution is 0.0699. The third kappa shape index (κ3) is 2.14. The van der Waals surface area contributed by atoms with Gasteiger partial charge in [-0.15, -0.1) is 11.3 Å². The van der Waals surface area contributed by atoms with Crippen molar-refractivity contribution in [3.63, 3.8) is 0 Å². The van der Waals surface area contributed by atoms with Gasteiger partial charge in [0, 0.05) is 14.1 Å². The number of fused-ring (bicyclic) bond motifs is 1. The lowest BCUT2D eigenvalue weighted by Crippen LogP contribution is -2.07. The second-order valence-corrected chi connectivity index (χ2v) is 6.31. The molecule has 0 unspecified atom stereocenters. The highest BCUT2D eigenvalue weighted by molar-refractivity contribution is 7.22. The van der Waals surface area contributed by atoms with E-state index in [1.54, 1.807) is 6.07 Å². The van der Waals surface area contributed by atoms with Crippen molar-refractivity contribution in [2.75, 3.05) is 19.0 Å². The van der Waals surface area contributed by atoms with Crippen molar-refractivity contribution >= 4 is 44.1 Å². The summed E-state index contributed by atoms with van der Waals surface area (Å²) < 4.78 is 0.613. The fourth-order valence-corrected chi connectivity index (χ4v) is 3.42. The van der Waals surface area contributed by atoms with Crippen molar-refractivity contribution in [1.82, 2.24) is 9.97 Å². The standard InChI is InChI=1S/C13H11N3O2S2/c1-16(2)13-15-11-10(20-13)7(12(17)18)6-8(14-11)9-4-3-5-19-9/h3-6H,1-2H3,(H,17,18). The van der Waals surface area contributed by atoms with Gasteiger partial charge in [0.1, 0.15) is 0 Å². The molecule has 0 amide bonds. The molecule has 0 bridgehead atoms. The number of carboxylic acids is 1. The zero-order valence-corrected chi connectivity index (χ0v) is 12.5. The SMILES string of the molecule is CN(C)c1nc2nc(-c3cccs3)cc(C(=O)O)c2s1. The number of anilines is 1. The highest BCUT2D eigenvalue weighted by Crippen LogP contribution is 2.33. The van der Waals surface area contributed by atoms with Crippen LogP contribution < -0.4 is 4.90 Å². The van der Waals surface area contributed by atoms with Gasteiger partial charge >= 0.3 is 5.97 Å². The lowest BCUT2D eigenvalue weighted by Gasteiger charge is -2.04. The zero-order chi connectivity index (χ0) is 14.3. The first kappa shape index (κ1) is 13.0. The number of carbonyl (C=O) groups is 1. The number of hydrogen-bond donors (Lipinski definition) is 1. The molecule has 3 aromatic heterocycles. The Morgan fingerprint density at radius 2 is 2.15 bits per heavy atom. The quantitative estimate of drug-likeness (QED) is 0.805. The highest BCUT2D eigenvalue weighted by Gasteiger charge is 2.18. The van der Waals surface area contributed by atoms with Crippen molar-refractivity contribution in [1.29, 1.82) is 0 Å². The summed E-state index contributed by atoms with van der Waals surface area (Å²) in [4.78, 5) is 23.1. The van der Waals surface area contributed by atoms with Crippen LogP contribution in [0.2, 0.25) is 0 Å². The van der Waals surface area contributed by atoms with Gasteiger partial charge in [0.15, 0.2) is 10.8 Å². The smallest absolute Gasteiger partial charge is 0.337 e. The predicted octanol–water partition coefficient (Wildman–Crippen LogP) is 3.18. The maximum atomic E-state index is 11.5. The summed E-state index contributed by atoms with van der Waals surface area (Å²) in [6, 6.07) is 5.45. The molecule has 0 aromatic carbocycles. The number of aromatic carboxylic acids is 1. The Bertz CT molecular complexity index is 778. The van der Waals surface area contributed by atoms with Crippen molar-refractivity contribution in [2.45, 2.75) is 0 Å². The molecule has 0 aliphatic carbocycles. The summed E-state index contributed by atoms with van der Waals surface area (Å²) in [5, 5.41) is 12.1. The van der Waals surface area contributed by atoms with Crippen LogP contribution in [0, 0.1) is 0 Å². The Morgan fingerprint density at radius 3 is 2.75 bits per heavy atom. The monoisotopic (exact) mass is 305 g/mol. The van der Waals surface area contributed by atoms with E-state index in [1.165, 1.54) is 22.7 Å². The number of thiazole rings is 1. The number of pyridine rings is 1. The van der Waals surface area contributed by atoms with Crippen molar-refractivity contribution in [2.24, 2.45) is 0 Å². The van der Waals surface area contributed by atoms with Crippen LogP contribution in [0.15, 0.2) is 23.6 Å². The van der Waals surface area contributed by atoms with E-state index in [9.17, 15) is 9.90 Å². The minimum atomic E-state index is -0.954. The van der Waals surface area contributed by atoms with Gasteiger partial charge in [-0.25, -0.2) is 9.78 Å². The molecule has 102 valence electrons. The highest BCUT2D eigenvalue weighted by atomic mass is 32.1. The molecule has 0 aliphatic rings. The molecule has 20 heavy (non-hydrogen) atoms. The molecular weight excluding hydrogens is 294 g/mol. The predicted molar refractivity (Wildman–Crippen MR) is 82.0 cm³/mol. The van der Waals surface area contributed by atoms with E-state index in [1.807, 2.05) is 36.5 Å². The summed E-state index contributed by atoms with van der Waals surface area (Å²) in [6.45, 7) is 0. The molecule has 0 atom stereocenters. The molecular formula is C13H11N3O2S2. The fraction of sp³-hybridized carbons (Fsp3) is 0.154. The van der Waals surface area contributed by atoms with Gasteiger partial charge in [-0.05, 0) is 17.5 Å². The zero-order valence-electron chi connectivity index (χ0n) is 10.8. The molecule has 0 saturated carbocycles. The Balaban J connectivity index is 2.28. The third-order valence-corrected chi connectivity index (χ3v) is 4.87. The summed E-state index contributed by atoms with van der Waals surface area (Å²) in [5.74, 6) is -0.954. The first-order valence-corrected chi connectivity index (χ1v) is 7.52. The maximum absolute atomic E-state index is 11.5. The minimum absolute atomic E-state index is 0.254. The van der Waals surface area contributed by atoms with Crippen LogP contribution in [0.25, 0.3) is 20.9 Å². The first-order valence-electron chi connectivity index (χ1n) is 5.82. The maximum Gasteiger partial charge on any atom is 0.337 e. The first-order chi connectivity index (χ1) is 9.56. The van der Waals surface area contributed by atoms with Crippen molar-refractivity contribution in [3.05, 3.63) is 29.1 Å². The molecule has 7 heteroatoms. The molecule has 0 spiro atoms. The van der Waals surface area contributed by atoms with Crippen LogP contribution in [0.3, 0.4) is 0 Å². The van der Waals surface area contributed by atoms with E-state index >= 15 is 0 Å². The molecule has 0 fully saturated rings. The van der Waals surface area contributed by atoms with Gasteiger partial charge in [-0.1, -0.05) is 17.4 Å². The van der Waals surface area contributed by atoms with E-state index in [2.05, 4.69) is 9.97 Å². The Morgan fingerprint density at radius 1 is 1.35 bits per heavy atom. The average molecular weight is 305 g/mol. The second-order valence-electron chi connectivity index (χ2n) is 4.38. The number of aromatic nitrogens is 2. The molecule has 3 rings (SSSR count). The normalized spacial score (nSPS) is 10.9. The van der Waals surface area contributed by atoms with Crippen molar-refractivity contribution < 1.29 is 9.90 Å². The summed E-state index contributed by atoms with van der Waals surface area (Å²) in [5.41, 5.74) is 1.39. The van der Waals surface area contributed by atoms with Crippen LogP contribution in [-0.2, 0) is 0 Å². The molecule has 0 radical (unpaired) electrons. The van der Waals surface area contributed by atoms with Crippen LogP contribution >= 0.6 is 22.7 Å². The van der Waals surface area contributed by atoms with Gasteiger partial charge in [-0.3, -0.25) is 0 Å². The van der Waals surface area contributed by atoms with Gasteiger partial charge in [0.05, 0.1) is 20.8 Å². The van der Waals surface area contributed by atoms with E-state index in [0.29, 0.717) is 16.0 Å². The van der Waals surface area contributed by atoms with Gasteiger partial charge in [0.2, 0.25) is 0 Å². The topological polar surface area (TPSA) is 66.3 Å². The number of nitrogens with zero attached hydrogens (tertiary/aromatic N) is 3. The summed E-state index contributed by atoms with van der Waals surface area (Å²) in [7, 11) is 3.75. The molecule has 5 nitrogen and oxygen atoms in total. The second kappa shape index (κ2) is 4.84. The number of thiophene rings is 1. The number of carboxylic acid groups (broad SMARTS) is 1. The Kier molecular flexibility index (Phi) is 3.15. The number of hydrogen-bond acceptors (Lipinski definition) is 6. The molecule has 0 aliphatic heterocycles. The average Bonchev–Trinajstić information content (AvgIpc) is 3.06. The van der Waals surface area contributed by atoms with E-state index in [-0.39, 0.29) is 5.56 Å². The fourth-order valence-electron chi connectivity index (χ4n) is 1.80. The van der Waals surface area contributed by atoms with Crippen LogP contribution in [-0.4, -0.2) is 35.1 Å². The Labute approximate surface area is 123 Å². The molecule has 3 aromatic rings. The Hall–Kier alpha value is -1.99. The molecule has 1 N–H and O–H groups in total. The largest absolute Gasteiger partial charge is 0.478 e. The van der Waals surface area contributed by atoms with Crippen LogP contribution in [0.5, 0.6) is 0 Å². The minimum Gasteiger partial charge on any atom is -0.478 e. The lowest BCUT2D eigenvalue weighted by atomic mass is 10.2.